The molecule has 0 saturated heterocycles. The van der Waals surface area contributed by atoms with Crippen molar-refractivity contribution in [2.45, 2.75) is 6.54 Å². The van der Waals surface area contributed by atoms with Crippen LogP contribution in [0.15, 0.2) is 60.7 Å². The van der Waals surface area contributed by atoms with Gasteiger partial charge in [-0.15, -0.1) is 0 Å². The second kappa shape index (κ2) is 8.76. The Bertz CT molecular complexity index is 698. The predicted molar refractivity (Wildman–Crippen MR) is 89.7 cm³/mol. The van der Waals surface area contributed by atoms with E-state index < -0.39 is 5.97 Å². The summed E-state index contributed by atoms with van der Waals surface area (Å²) in [7, 11) is 0. The van der Waals surface area contributed by atoms with Crippen LogP contribution in [0.1, 0.15) is 11.1 Å². The van der Waals surface area contributed by atoms with E-state index in [0.717, 1.165) is 11.1 Å². The van der Waals surface area contributed by atoms with E-state index in [1.54, 1.807) is 24.3 Å². The fourth-order valence-corrected chi connectivity index (χ4v) is 2.02. The molecule has 0 atom stereocenters. The summed E-state index contributed by atoms with van der Waals surface area (Å²) in [5.41, 5.74) is 1.76. The Hall–Kier alpha value is -2.59. The zero-order valence-corrected chi connectivity index (χ0v) is 13.1. The van der Waals surface area contributed by atoms with Crippen molar-refractivity contribution < 1.29 is 14.3 Å². The molecule has 5 heteroatoms. The molecule has 1 N–H and O–H groups in total. The molecule has 0 aliphatic carbocycles. The molecule has 2 rings (SSSR count). The van der Waals surface area contributed by atoms with E-state index in [-0.39, 0.29) is 12.5 Å². The third kappa shape index (κ3) is 6.36. The zero-order valence-electron chi connectivity index (χ0n) is 12.4. The van der Waals surface area contributed by atoms with Crippen molar-refractivity contribution in [3.63, 3.8) is 0 Å². The number of amides is 1. The highest BCUT2D eigenvalue weighted by Gasteiger charge is 2.05. The summed E-state index contributed by atoms with van der Waals surface area (Å²) in [6, 6.07) is 16.5. The monoisotopic (exact) mass is 329 g/mol. The summed E-state index contributed by atoms with van der Waals surface area (Å²) in [6.07, 6.45) is 2.92. The molecule has 0 unspecified atom stereocenters. The second-order valence-corrected chi connectivity index (χ2v) is 5.19. The average molecular weight is 330 g/mol. The van der Waals surface area contributed by atoms with Crippen LogP contribution in [0.5, 0.6) is 0 Å². The number of carbonyl (C=O) groups excluding carboxylic acids is 2. The number of nitrogens with one attached hydrogen (secondary N) is 1. The third-order valence-corrected chi connectivity index (χ3v) is 3.17. The number of ether oxygens (including phenoxy) is 1. The molecule has 0 saturated carbocycles. The highest BCUT2D eigenvalue weighted by molar-refractivity contribution is 6.30. The van der Waals surface area contributed by atoms with Gasteiger partial charge in [-0.3, -0.25) is 4.79 Å². The van der Waals surface area contributed by atoms with E-state index >= 15 is 0 Å². The molecule has 0 aliphatic heterocycles. The molecular weight excluding hydrogens is 314 g/mol. The van der Waals surface area contributed by atoms with Crippen LogP contribution < -0.4 is 5.32 Å². The lowest BCUT2D eigenvalue weighted by molar-refractivity contribution is -0.143. The molecule has 2 aromatic rings. The fourth-order valence-electron chi connectivity index (χ4n) is 1.81. The number of hydrogen-bond acceptors (Lipinski definition) is 3. The molecule has 0 bridgehead atoms. The number of halogens is 1. The number of benzene rings is 2. The van der Waals surface area contributed by atoms with Gasteiger partial charge in [-0.25, -0.2) is 4.79 Å². The molecule has 0 heterocycles. The van der Waals surface area contributed by atoms with Crippen LogP contribution in [-0.2, 0) is 20.9 Å². The van der Waals surface area contributed by atoms with E-state index in [0.29, 0.717) is 11.6 Å². The Balaban J connectivity index is 1.71. The van der Waals surface area contributed by atoms with Gasteiger partial charge in [0.1, 0.15) is 0 Å². The van der Waals surface area contributed by atoms with Gasteiger partial charge < -0.3 is 10.1 Å². The first-order valence-electron chi connectivity index (χ1n) is 7.04. The van der Waals surface area contributed by atoms with E-state index in [2.05, 4.69) is 5.32 Å². The van der Waals surface area contributed by atoms with Crippen LogP contribution in [0, 0.1) is 0 Å². The quantitative estimate of drug-likeness (QED) is 0.654. The van der Waals surface area contributed by atoms with Gasteiger partial charge in [0.25, 0.3) is 5.91 Å². The normalized spacial score (nSPS) is 10.5. The minimum Gasteiger partial charge on any atom is -0.452 e. The third-order valence-electron chi connectivity index (χ3n) is 2.94. The minimum absolute atomic E-state index is 0.321. The Kier molecular flexibility index (Phi) is 6.39. The highest BCUT2D eigenvalue weighted by atomic mass is 35.5. The van der Waals surface area contributed by atoms with Gasteiger partial charge in [0, 0.05) is 17.6 Å². The standard InChI is InChI=1S/C18H16ClNO3/c19-16-8-4-7-15(11-16)12-20-17(21)13-23-18(22)10-9-14-5-2-1-3-6-14/h1-11H,12-13H2,(H,20,21)/b10-9+. The second-order valence-electron chi connectivity index (χ2n) is 4.76. The molecule has 1 amide bonds. The minimum atomic E-state index is -0.563. The summed E-state index contributed by atoms with van der Waals surface area (Å²) in [6.45, 7) is 0.00925. The summed E-state index contributed by atoms with van der Waals surface area (Å²) >= 11 is 5.86. The van der Waals surface area contributed by atoms with Crippen LogP contribution in [0.2, 0.25) is 5.02 Å². The van der Waals surface area contributed by atoms with E-state index in [4.69, 9.17) is 16.3 Å². The molecule has 0 spiro atoms. The Morgan fingerprint density at radius 1 is 1.09 bits per heavy atom. The molecular formula is C18H16ClNO3. The van der Waals surface area contributed by atoms with Crippen LogP contribution in [0.4, 0.5) is 0 Å². The van der Waals surface area contributed by atoms with Gasteiger partial charge in [-0.05, 0) is 29.3 Å². The van der Waals surface area contributed by atoms with E-state index in [1.807, 2.05) is 36.4 Å². The number of rotatable bonds is 6. The van der Waals surface area contributed by atoms with Crippen LogP contribution in [0.25, 0.3) is 6.08 Å². The molecule has 0 radical (unpaired) electrons. The summed E-state index contributed by atoms with van der Waals surface area (Å²) in [4.78, 5) is 23.2. The first-order valence-corrected chi connectivity index (χ1v) is 7.42. The molecule has 2 aromatic carbocycles. The van der Waals surface area contributed by atoms with E-state index in [1.165, 1.54) is 6.08 Å². The van der Waals surface area contributed by atoms with Crippen molar-refractivity contribution >= 4 is 29.6 Å². The van der Waals surface area contributed by atoms with Gasteiger partial charge in [0.05, 0.1) is 0 Å². The van der Waals surface area contributed by atoms with Crippen LogP contribution in [-0.4, -0.2) is 18.5 Å². The maximum Gasteiger partial charge on any atom is 0.331 e. The maximum atomic E-state index is 11.6. The summed E-state index contributed by atoms with van der Waals surface area (Å²) in [5.74, 6) is -0.932. The Morgan fingerprint density at radius 2 is 1.87 bits per heavy atom. The fraction of sp³-hybridized carbons (Fsp3) is 0.111. The molecule has 118 valence electrons. The first-order chi connectivity index (χ1) is 11.1. The zero-order chi connectivity index (χ0) is 16.5. The number of hydrogen-bond donors (Lipinski definition) is 1. The molecule has 0 fully saturated rings. The topological polar surface area (TPSA) is 55.4 Å². The van der Waals surface area contributed by atoms with Gasteiger partial charge in [-0.1, -0.05) is 54.1 Å². The first kappa shape index (κ1) is 16.8. The van der Waals surface area contributed by atoms with Crippen molar-refractivity contribution in [3.8, 4) is 0 Å². The van der Waals surface area contributed by atoms with Crippen LogP contribution >= 0.6 is 11.6 Å². The Labute approximate surface area is 139 Å². The van der Waals surface area contributed by atoms with Gasteiger partial charge >= 0.3 is 5.97 Å². The number of carbonyl (C=O) groups is 2. The summed E-state index contributed by atoms with van der Waals surface area (Å²) < 4.78 is 4.87. The van der Waals surface area contributed by atoms with Gasteiger partial charge in [-0.2, -0.15) is 0 Å². The lowest BCUT2D eigenvalue weighted by Gasteiger charge is -2.05. The van der Waals surface area contributed by atoms with E-state index in [9.17, 15) is 9.59 Å². The molecule has 0 aliphatic rings. The maximum absolute atomic E-state index is 11.6. The highest BCUT2D eigenvalue weighted by Crippen LogP contribution is 2.10. The lowest BCUT2D eigenvalue weighted by atomic mass is 10.2. The summed E-state index contributed by atoms with van der Waals surface area (Å²) in [5, 5.41) is 3.26. The van der Waals surface area contributed by atoms with Crippen molar-refractivity contribution in [2.24, 2.45) is 0 Å². The molecule has 0 aromatic heterocycles. The SMILES string of the molecule is O=C(COC(=O)/C=C/c1ccccc1)NCc1cccc(Cl)c1. The number of esters is 1. The van der Waals surface area contributed by atoms with Gasteiger partial charge in [0.15, 0.2) is 6.61 Å². The molecule has 23 heavy (non-hydrogen) atoms. The molecule has 4 nitrogen and oxygen atoms in total. The lowest BCUT2D eigenvalue weighted by Crippen LogP contribution is -2.28. The van der Waals surface area contributed by atoms with Crippen molar-refractivity contribution in [1.29, 1.82) is 0 Å². The van der Waals surface area contributed by atoms with Crippen molar-refractivity contribution in [1.82, 2.24) is 5.32 Å². The Morgan fingerprint density at radius 3 is 2.61 bits per heavy atom. The van der Waals surface area contributed by atoms with Gasteiger partial charge in [0.2, 0.25) is 0 Å². The van der Waals surface area contributed by atoms with Crippen molar-refractivity contribution in [2.75, 3.05) is 6.61 Å². The largest absolute Gasteiger partial charge is 0.452 e. The van der Waals surface area contributed by atoms with Crippen molar-refractivity contribution in [3.05, 3.63) is 76.8 Å². The predicted octanol–water partition coefficient (Wildman–Crippen LogP) is 3.21. The average Bonchev–Trinajstić information content (AvgIpc) is 2.57. The smallest absolute Gasteiger partial charge is 0.331 e. The van der Waals surface area contributed by atoms with Crippen LogP contribution in [0.3, 0.4) is 0 Å².